The minimum Gasteiger partial charge on any atom is -0.351 e. The summed E-state index contributed by atoms with van der Waals surface area (Å²) in [5, 5.41) is 16.0. The SMILES string of the molecule is N#COSCSOC#N. The summed E-state index contributed by atoms with van der Waals surface area (Å²) in [4.78, 5) is 0. The molecule has 4 nitrogen and oxygen atoms in total. The average Bonchev–Trinajstić information content (AvgIpc) is 1.89. The molecule has 0 aromatic heterocycles. The van der Waals surface area contributed by atoms with Gasteiger partial charge in [0.15, 0.2) is 0 Å². The zero-order chi connectivity index (χ0) is 6.95. The van der Waals surface area contributed by atoms with Gasteiger partial charge in [0.2, 0.25) is 0 Å². The number of rotatable bonds is 4. The topological polar surface area (TPSA) is 66.0 Å². The highest BCUT2D eigenvalue weighted by Crippen LogP contribution is 2.12. The van der Waals surface area contributed by atoms with Gasteiger partial charge in [-0.2, -0.15) is 0 Å². The fourth-order valence-electron chi connectivity index (χ4n) is 0.120. The molecular weight excluding hydrogens is 160 g/mol. The smallest absolute Gasteiger partial charge is 0.299 e. The second-order valence-electron chi connectivity index (χ2n) is 0.703. The Kier molecular flexibility index (Phi) is 6.70. The minimum absolute atomic E-state index is 0.404. The molecule has 0 heterocycles. The number of hydrogen-bond acceptors (Lipinski definition) is 6. The zero-order valence-electron chi connectivity index (χ0n) is 4.23. The summed E-state index contributed by atoms with van der Waals surface area (Å²) in [5.41, 5.74) is 0. The van der Waals surface area contributed by atoms with Gasteiger partial charge in [-0.05, 0) is 0 Å². The molecule has 0 aliphatic heterocycles. The van der Waals surface area contributed by atoms with E-state index < -0.39 is 0 Å². The molecule has 0 aliphatic rings. The lowest BCUT2D eigenvalue weighted by molar-refractivity contribution is 0.589. The first-order valence-electron chi connectivity index (χ1n) is 1.77. The van der Waals surface area contributed by atoms with Crippen LogP contribution in [0.4, 0.5) is 0 Å². The molecule has 0 unspecified atom stereocenters. The molecule has 0 aliphatic carbocycles. The third-order valence-electron chi connectivity index (χ3n) is 0.289. The molecule has 0 bridgehead atoms. The molecule has 0 aromatic rings. The largest absolute Gasteiger partial charge is 0.351 e. The van der Waals surface area contributed by atoms with Crippen molar-refractivity contribution in [2.24, 2.45) is 0 Å². The molecule has 0 saturated heterocycles. The standard InChI is InChI=1S/C3H2N2O2S2/c4-1-6-8-3-9-7-2-5/h3H2. The Labute approximate surface area is 61.1 Å². The lowest BCUT2D eigenvalue weighted by Crippen LogP contribution is -1.71. The predicted molar refractivity (Wildman–Crippen MR) is 33.4 cm³/mol. The highest BCUT2D eigenvalue weighted by Gasteiger charge is 1.88. The van der Waals surface area contributed by atoms with Gasteiger partial charge in [0.1, 0.15) is 5.08 Å². The monoisotopic (exact) mass is 162 g/mol. The summed E-state index contributed by atoms with van der Waals surface area (Å²) in [5.74, 6) is 0. The maximum atomic E-state index is 7.81. The highest BCUT2D eigenvalue weighted by atomic mass is 32.2. The van der Waals surface area contributed by atoms with Crippen LogP contribution < -0.4 is 0 Å². The van der Waals surface area contributed by atoms with Crippen LogP contribution >= 0.6 is 24.1 Å². The predicted octanol–water partition coefficient (Wildman–Crippen LogP) is 1.24. The molecular formula is C3H2N2O2S2. The number of hydrogen-bond donors (Lipinski definition) is 0. The van der Waals surface area contributed by atoms with Gasteiger partial charge in [0.05, 0.1) is 24.1 Å². The molecule has 48 valence electrons. The Morgan fingerprint density at radius 3 is 1.89 bits per heavy atom. The van der Waals surface area contributed by atoms with Crippen molar-refractivity contribution in [3.63, 3.8) is 0 Å². The van der Waals surface area contributed by atoms with Crippen LogP contribution in [0.1, 0.15) is 0 Å². The van der Waals surface area contributed by atoms with Crippen molar-refractivity contribution in [3.05, 3.63) is 0 Å². The molecule has 0 aromatic carbocycles. The summed E-state index contributed by atoms with van der Waals surface area (Å²) in [6, 6.07) is 0. The van der Waals surface area contributed by atoms with Crippen LogP contribution in [0, 0.1) is 23.0 Å². The second-order valence-corrected chi connectivity index (χ2v) is 2.45. The molecule has 0 atom stereocenters. The lowest BCUT2D eigenvalue weighted by atomic mass is 11.6. The van der Waals surface area contributed by atoms with E-state index in [0.29, 0.717) is 5.08 Å². The van der Waals surface area contributed by atoms with Crippen molar-refractivity contribution < 1.29 is 8.37 Å². The van der Waals surface area contributed by atoms with Crippen molar-refractivity contribution >= 4 is 24.1 Å². The van der Waals surface area contributed by atoms with Crippen LogP contribution in [0.15, 0.2) is 0 Å². The quantitative estimate of drug-likeness (QED) is 0.268. The van der Waals surface area contributed by atoms with Crippen molar-refractivity contribution in [1.29, 1.82) is 10.5 Å². The Balaban J connectivity index is 2.79. The van der Waals surface area contributed by atoms with Crippen molar-refractivity contribution in [2.45, 2.75) is 0 Å². The van der Waals surface area contributed by atoms with E-state index >= 15 is 0 Å². The molecule has 0 fully saturated rings. The van der Waals surface area contributed by atoms with E-state index in [2.05, 4.69) is 8.37 Å². The molecule has 0 N–H and O–H groups in total. The number of nitriles is 2. The Hall–Kier alpha value is -0.720. The third-order valence-corrected chi connectivity index (χ3v) is 1.44. The maximum Gasteiger partial charge on any atom is 0.299 e. The zero-order valence-corrected chi connectivity index (χ0v) is 5.87. The fraction of sp³-hybridized carbons (Fsp3) is 0.333. The van der Waals surface area contributed by atoms with Crippen molar-refractivity contribution in [2.75, 3.05) is 5.08 Å². The van der Waals surface area contributed by atoms with E-state index in [4.69, 9.17) is 10.5 Å². The molecule has 0 amide bonds. The molecule has 0 spiro atoms. The van der Waals surface area contributed by atoms with Crippen molar-refractivity contribution in [1.82, 2.24) is 0 Å². The first-order valence-corrected chi connectivity index (χ1v) is 3.59. The fourth-order valence-corrected chi connectivity index (χ4v) is 0.768. The van der Waals surface area contributed by atoms with E-state index in [9.17, 15) is 0 Å². The van der Waals surface area contributed by atoms with Crippen LogP contribution in [-0.4, -0.2) is 5.08 Å². The Morgan fingerprint density at radius 1 is 1.11 bits per heavy atom. The average molecular weight is 162 g/mol. The van der Waals surface area contributed by atoms with Gasteiger partial charge in [-0.25, -0.2) is 0 Å². The summed E-state index contributed by atoms with van der Waals surface area (Å²) in [7, 11) is 0. The van der Waals surface area contributed by atoms with E-state index in [1.807, 2.05) is 0 Å². The first-order chi connectivity index (χ1) is 4.41. The van der Waals surface area contributed by atoms with Crippen LogP contribution in [0.3, 0.4) is 0 Å². The van der Waals surface area contributed by atoms with Crippen LogP contribution in [-0.2, 0) is 8.37 Å². The Morgan fingerprint density at radius 2 is 1.56 bits per heavy atom. The third kappa shape index (κ3) is 7.28. The summed E-state index contributed by atoms with van der Waals surface area (Å²) in [6.07, 6.45) is 2.91. The van der Waals surface area contributed by atoms with Gasteiger partial charge in [-0.3, -0.25) is 0 Å². The molecule has 6 heteroatoms. The van der Waals surface area contributed by atoms with E-state index in [1.54, 1.807) is 0 Å². The van der Waals surface area contributed by atoms with Crippen LogP contribution in [0.5, 0.6) is 0 Å². The molecule has 0 radical (unpaired) electrons. The van der Waals surface area contributed by atoms with Crippen LogP contribution in [0.2, 0.25) is 0 Å². The summed E-state index contributed by atoms with van der Waals surface area (Å²) >= 11 is 1.84. The normalized spacial score (nSPS) is 6.89. The Bertz CT molecular complexity index is 122. The van der Waals surface area contributed by atoms with E-state index in [-0.39, 0.29) is 0 Å². The van der Waals surface area contributed by atoms with Gasteiger partial charge in [0, 0.05) is 0 Å². The maximum absolute atomic E-state index is 7.81. The molecule has 9 heavy (non-hydrogen) atoms. The van der Waals surface area contributed by atoms with Gasteiger partial charge in [-0.1, -0.05) is 0 Å². The van der Waals surface area contributed by atoms with E-state index in [0.717, 1.165) is 24.1 Å². The van der Waals surface area contributed by atoms with E-state index in [1.165, 1.54) is 12.5 Å². The van der Waals surface area contributed by atoms with Crippen LogP contribution in [0.25, 0.3) is 0 Å². The molecule has 0 rings (SSSR count). The minimum atomic E-state index is 0.404. The molecule has 0 saturated carbocycles. The summed E-state index contributed by atoms with van der Waals surface area (Å²) < 4.78 is 8.38. The number of nitrogens with zero attached hydrogens (tertiary/aromatic N) is 2. The van der Waals surface area contributed by atoms with Gasteiger partial charge >= 0.3 is 0 Å². The highest BCUT2D eigenvalue weighted by molar-refractivity contribution is 8.11. The summed E-state index contributed by atoms with van der Waals surface area (Å²) in [6.45, 7) is 0. The van der Waals surface area contributed by atoms with Gasteiger partial charge < -0.3 is 8.37 Å². The second kappa shape index (κ2) is 7.28. The lowest BCUT2D eigenvalue weighted by Gasteiger charge is -1.88. The van der Waals surface area contributed by atoms with Gasteiger partial charge in [0.25, 0.3) is 12.5 Å². The van der Waals surface area contributed by atoms with Crippen molar-refractivity contribution in [3.8, 4) is 12.5 Å². The van der Waals surface area contributed by atoms with Gasteiger partial charge in [-0.15, -0.1) is 10.5 Å². The first kappa shape index (κ1) is 8.28.